The first kappa shape index (κ1) is 31.4. The van der Waals surface area contributed by atoms with E-state index in [0.717, 1.165) is 29.4 Å². The van der Waals surface area contributed by atoms with Crippen molar-refractivity contribution in [3.05, 3.63) is 47.5 Å². The topological polar surface area (TPSA) is 130 Å². The quantitative estimate of drug-likeness (QED) is 0.169. The number of nitrogens with one attached hydrogen (secondary N) is 2. The number of esters is 1. The summed E-state index contributed by atoms with van der Waals surface area (Å²) in [5.41, 5.74) is 1.39. The Labute approximate surface area is 241 Å². The molecule has 10 nitrogen and oxygen atoms in total. The largest absolute Gasteiger partial charge is 0.463 e. The number of fused-ring (bicyclic) bond motifs is 1. The molecule has 2 aromatic rings. The number of amides is 2. The van der Waals surface area contributed by atoms with Crippen LogP contribution in [0.1, 0.15) is 52.0 Å². The van der Waals surface area contributed by atoms with E-state index in [2.05, 4.69) is 33.7 Å². The molecule has 3 rings (SSSR count). The van der Waals surface area contributed by atoms with E-state index < -0.39 is 23.6 Å². The van der Waals surface area contributed by atoms with Gasteiger partial charge < -0.3 is 29.7 Å². The van der Waals surface area contributed by atoms with Crippen LogP contribution in [0.15, 0.2) is 42.0 Å². The van der Waals surface area contributed by atoms with E-state index in [1.165, 1.54) is 24.9 Å². The maximum Gasteiger partial charge on any atom is 0.407 e. The van der Waals surface area contributed by atoms with E-state index in [1.54, 1.807) is 26.8 Å². The summed E-state index contributed by atoms with van der Waals surface area (Å²) in [4.78, 5) is 38.2. The average Bonchev–Trinajstić information content (AvgIpc) is 2.94. The number of ether oxygens (including phenoxy) is 3. The van der Waals surface area contributed by atoms with Crippen molar-refractivity contribution in [2.75, 3.05) is 50.9 Å². The van der Waals surface area contributed by atoms with Crippen molar-refractivity contribution in [2.24, 2.45) is 0 Å². The van der Waals surface area contributed by atoms with Gasteiger partial charge in [-0.15, -0.1) is 0 Å². The standard InChI is InChI=1S/C31H40N4O6/c1-31(2,3)41-30(38)34-12-11-28(36)40-18-17-39-16-13-33-29(37)26(22-32)20-23-7-8-25-21-27(10-9-24(25)19-23)35-14-5-4-6-15-35/h7-10,19-21H,4-6,11-18H2,1-3H3,(H,33,37)(H,34,38)/b26-20+. The third-order valence-corrected chi connectivity index (χ3v) is 6.27. The van der Waals surface area contributed by atoms with E-state index in [9.17, 15) is 19.6 Å². The van der Waals surface area contributed by atoms with Crippen LogP contribution in [-0.2, 0) is 23.8 Å². The molecule has 0 aliphatic carbocycles. The highest BCUT2D eigenvalue weighted by Crippen LogP contribution is 2.26. The molecule has 0 saturated carbocycles. The van der Waals surface area contributed by atoms with Crippen LogP contribution in [-0.4, -0.2) is 69.6 Å². The number of hydrogen-bond acceptors (Lipinski definition) is 8. The summed E-state index contributed by atoms with van der Waals surface area (Å²) >= 11 is 0. The normalized spacial score (nSPS) is 13.8. The first-order chi connectivity index (χ1) is 19.6. The van der Waals surface area contributed by atoms with Crippen LogP contribution in [0.2, 0.25) is 0 Å². The fourth-order valence-corrected chi connectivity index (χ4v) is 4.31. The average molecular weight is 565 g/mol. The van der Waals surface area contributed by atoms with Crippen LogP contribution < -0.4 is 15.5 Å². The van der Waals surface area contributed by atoms with E-state index in [-0.39, 0.29) is 44.9 Å². The molecule has 0 spiro atoms. The van der Waals surface area contributed by atoms with Crippen LogP contribution in [0.3, 0.4) is 0 Å². The van der Waals surface area contributed by atoms with E-state index in [1.807, 2.05) is 24.3 Å². The number of alkyl carbamates (subject to hydrolysis) is 1. The zero-order chi connectivity index (χ0) is 29.7. The highest BCUT2D eigenvalue weighted by atomic mass is 16.6. The van der Waals surface area contributed by atoms with Crippen molar-refractivity contribution in [2.45, 2.75) is 52.1 Å². The second-order valence-electron chi connectivity index (χ2n) is 10.8. The van der Waals surface area contributed by atoms with Crippen LogP contribution in [0, 0.1) is 11.3 Å². The summed E-state index contributed by atoms with van der Waals surface area (Å²) in [5, 5.41) is 16.8. The summed E-state index contributed by atoms with van der Waals surface area (Å²) in [7, 11) is 0. The Morgan fingerprint density at radius 2 is 1.68 bits per heavy atom. The summed E-state index contributed by atoms with van der Waals surface area (Å²) < 4.78 is 15.5. The molecular weight excluding hydrogens is 524 g/mol. The first-order valence-electron chi connectivity index (χ1n) is 14.0. The Balaban J connectivity index is 1.35. The number of piperidine rings is 1. The van der Waals surface area contributed by atoms with Gasteiger partial charge in [0.15, 0.2) is 0 Å². The molecule has 1 heterocycles. The number of hydrogen-bond donors (Lipinski definition) is 2. The van der Waals surface area contributed by atoms with E-state index in [4.69, 9.17) is 14.2 Å². The number of nitriles is 1. The summed E-state index contributed by atoms with van der Waals surface area (Å²) in [5.74, 6) is -0.960. The van der Waals surface area contributed by atoms with Crippen LogP contribution in [0.25, 0.3) is 16.8 Å². The number of carbonyl (C=O) groups is 3. The van der Waals surface area contributed by atoms with Gasteiger partial charge in [-0.1, -0.05) is 18.2 Å². The lowest BCUT2D eigenvalue weighted by Gasteiger charge is -2.29. The zero-order valence-corrected chi connectivity index (χ0v) is 24.2. The second-order valence-corrected chi connectivity index (χ2v) is 10.8. The van der Waals surface area contributed by atoms with Gasteiger partial charge in [0.05, 0.1) is 19.6 Å². The summed E-state index contributed by atoms with van der Waals surface area (Å²) in [6, 6.07) is 14.3. The van der Waals surface area contributed by atoms with Crippen molar-refractivity contribution in [1.29, 1.82) is 5.26 Å². The van der Waals surface area contributed by atoms with E-state index in [0.29, 0.717) is 0 Å². The lowest BCUT2D eigenvalue weighted by molar-refractivity contribution is -0.145. The highest BCUT2D eigenvalue weighted by Gasteiger charge is 2.16. The maximum absolute atomic E-state index is 12.5. The smallest absolute Gasteiger partial charge is 0.407 e. The van der Waals surface area contributed by atoms with Gasteiger partial charge >= 0.3 is 12.1 Å². The van der Waals surface area contributed by atoms with Gasteiger partial charge in [-0.25, -0.2) is 4.79 Å². The Morgan fingerprint density at radius 1 is 0.951 bits per heavy atom. The number of carbonyl (C=O) groups excluding carboxylic acids is 3. The molecule has 0 aromatic heterocycles. The molecule has 220 valence electrons. The Hall–Kier alpha value is -4.10. The van der Waals surface area contributed by atoms with Gasteiger partial charge in [0.1, 0.15) is 23.9 Å². The van der Waals surface area contributed by atoms with Gasteiger partial charge in [-0.3, -0.25) is 9.59 Å². The van der Waals surface area contributed by atoms with Gasteiger partial charge in [-0.05, 0) is 80.6 Å². The Kier molecular flexibility index (Phi) is 12.0. The Morgan fingerprint density at radius 3 is 2.41 bits per heavy atom. The summed E-state index contributed by atoms with van der Waals surface area (Å²) in [6.07, 6.45) is 4.73. The molecule has 1 fully saturated rings. The fraction of sp³-hybridized carbons (Fsp3) is 0.484. The minimum atomic E-state index is -0.609. The molecule has 10 heteroatoms. The maximum atomic E-state index is 12.5. The second kappa shape index (κ2) is 15.6. The van der Waals surface area contributed by atoms with Crippen molar-refractivity contribution >= 4 is 40.5 Å². The zero-order valence-electron chi connectivity index (χ0n) is 24.2. The number of nitrogens with zero attached hydrogens (tertiary/aromatic N) is 2. The van der Waals surface area contributed by atoms with Crippen LogP contribution in [0.4, 0.5) is 10.5 Å². The minimum Gasteiger partial charge on any atom is -0.463 e. The molecule has 1 aliphatic rings. The SMILES string of the molecule is CC(C)(C)OC(=O)NCCC(=O)OCCOCCNC(=O)/C(C#N)=C/c1ccc2cc(N3CCCCC3)ccc2c1. The third-order valence-electron chi connectivity index (χ3n) is 6.27. The van der Waals surface area contributed by atoms with Crippen LogP contribution in [0.5, 0.6) is 0 Å². The molecule has 0 atom stereocenters. The minimum absolute atomic E-state index is 0.00297. The van der Waals surface area contributed by atoms with E-state index >= 15 is 0 Å². The Bertz CT molecular complexity index is 1270. The first-order valence-corrected chi connectivity index (χ1v) is 14.0. The molecule has 0 unspecified atom stereocenters. The van der Waals surface area contributed by atoms with Crippen molar-refractivity contribution < 1.29 is 28.6 Å². The lowest BCUT2D eigenvalue weighted by Crippen LogP contribution is -2.33. The number of rotatable bonds is 12. The molecule has 2 aromatic carbocycles. The van der Waals surface area contributed by atoms with Crippen molar-refractivity contribution in [1.82, 2.24) is 10.6 Å². The lowest BCUT2D eigenvalue weighted by atomic mass is 10.0. The van der Waals surface area contributed by atoms with Gasteiger partial charge in [0.25, 0.3) is 5.91 Å². The molecule has 1 saturated heterocycles. The number of benzene rings is 2. The molecule has 41 heavy (non-hydrogen) atoms. The van der Waals surface area contributed by atoms with Gasteiger partial charge in [-0.2, -0.15) is 5.26 Å². The van der Waals surface area contributed by atoms with Crippen molar-refractivity contribution in [3.63, 3.8) is 0 Å². The highest BCUT2D eigenvalue weighted by molar-refractivity contribution is 6.02. The van der Waals surface area contributed by atoms with Crippen LogP contribution >= 0.6 is 0 Å². The summed E-state index contributed by atoms with van der Waals surface area (Å²) in [6.45, 7) is 8.12. The molecule has 1 aliphatic heterocycles. The molecule has 0 bridgehead atoms. The molecular formula is C31H40N4O6. The fourth-order valence-electron chi connectivity index (χ4n) is 4.31. The monoisotopic (exact) mass is 564 g/mol. The molecule has 0 radical (unpaired) electrons. The molecule has 2 N–H and O–H groups in total. The molecule has 2 amide bonds. The third kappa shape index (κ3) is 11.1. The van der Waals surface area contributed by atoms with Gasteiger partial charge in [0, 0.05) is 31.9 Å². The van der Waals surface area contributed by atoms with Gasteiger partial charge in [0.2, 0.25) is 0 Å². The van der Waals surface area contributed by atoms with Crippen molar-refractivity contribution in [3.8, 4) is 6.07 Å². The predicted molar refractivity (Wildman–Crippen MR) is 157 cm³/mol. The predicted octanol–water partition coefficient (Wildman–Crippen LogP) is 4.33. The number of anilines is 1.